The summed E-state index contributed by atoms with van der Waals surface area (Å²) in [5.74, 6) is 0. The Bertz CT molecular complexity index is 575. The minimum atomic E-state index is 0.0576. The molecule has 96 valence electrons. The lowest BCUT2D eigenvalue weighted by Crippen LogP contribution is -2.41. The van der Waals surface area contributed by atoms with Crippen LogP contribution in [0.5, 0.6) is 0 Å². The van der Waals surface area contributed by atoms with E-state index in [4.69, 9.17) is 4.74 Å². The number of benzene rings is 1. The highest BCUT2D eigenvalue weighted by molar-refractivity contribution is 5.74. The Hall–Kier alpha value is -1.46. The largest absolute Gasteiger partial charge is 0.364 e. The van der Waals surface area contributed by atoms with Crippen LogP contribution in [-0.4, -0.2) is 38.8 Å². The molecule has 0 unspecified atom stereocenters. The molecule has 0 atom stereocenters. The van der Waals surface area contributed by atoms with Gasteiger partial charge in [0.2, 0.25) is 0 Å². The second-order valence-corrected chi connectivity index (χ2v) is 5.55. The van der Waals surface area contributed by atoms with Crippen molar-refractivity contribution in [2.24, 2.45) is 0 Å². The van der Waals surface area contributed by atoms with E-state index >= 15 is 0 Å². The third kappa shape index (κ3) is 1.89. The molecule has 0 spiro atoms. The van der Waals surface area contributed by atoms with E-state index in [1.54, 1.807) is 0 Å². The predicted octanol–water partition coefficient (Wildman–Crippen LogP) is 1.77. The monoisotopic (exact) mass is 246 g/mol. The Balaban J connectivity index is 1.93. The lowest BCUT2D eigenvalue weighted by Gasteiger charge is -2.28. The quantitative estimate of drug-likeness (QED) is 0.810. The van der Waals surface area contributed by atoms with Gasteiger partial charge in [0.1, 0.15) is 12.2 Å². The predicted molar refractivity (Wildman–Crippen MR) is 69.0 cm³/mol. The first-order chi connectivity index (χ1) is 8.56. The number of hydrogen-bond acceptors (Lipinski definition) is 4. The summed E-state index contributed by atoms with van der Waals surface area (Å²) in [4.78, 5) is 2.27. The molecule has 0 bridgehead atoms. The van der Waals surface area contributed by atoms with E-state index in [-0.39, 0.29) is 5.54 Å². The van der Waals surface area contributed by atoms with Crippen LogP contribution < -0.4 is 0 Å². The summed E-state index contributed by atoms with van der Waals surface area (Å²) in [5.41, 5.74) is 3.31. The maximum absolute atomic E-state index is 5.52. The van der Waals surface area contributed by atoms with Gasteiger partial charge in [-0.3, -0.25) is 4.90 Å². The summed E-state index contributed by atoms with van der Waals surface area (Å²) in [6.45, 7) is 8.58. The minimum Gasteiger partial charge on any atom is -0.364 e. The molecule has 3 rings (SSSR count). The average Bonchev–Trinajstić information content (AvgIpc) is 2.84. The number of aromatic nitrogens is 3. The Morgan fingerprint density at radius 2 is 2.22 bits per heavy atom. The fourth-order valence-corrected chi connectivity index (χ4v) is 2.25. The van der Waals surface area contributed by atoms with Crippen molar-refractivity contribution in [1.82, 2.24) is 19.9 Å². The van der Waals surface area contributed by atoms with Crippen molar-refractivity contribution in [3.63, 3.8) is 0 Å². The first-order valence-corrected chi connectivity index (χ1v) is 6.19. The van der Waals surface area contributed by atoms with Crippen LogP contribution >= 0.6 is 0 Å². The Labute approximate surface area is 106 Å². The van der Waals surface area contributed by atoms with Gasteiger partial charge < -0.3 is 4.74 Å². The SMILES string of the molecule is Cc1ccc2nnn(CN3COCC3(C)C)c2c1. The van der Waals surface area contributed by atoms with E-state index in [0.717, 1.165) is 17.6 Å². The number of aryl methyl sites for hydroxylation is 1. The van der Waals surface area contributed by atoms with Crippen molar-refractivity contribution in [2.75, 3.05) is 13.3 Å². The van der Waals surface area contributed by atoms with Crippen molar-refractivity contribution in [3.05, 3.63) is 23.8 Å². The third-order valence-electron chi connectivity index (χ3n) is 3.53. The fraction of sp³-hybridized carbons (Fsp3) is 0.538. The maximum Gasteiger partial charge on any atom is 0.113 e. The second kappa shape index (κ2) is 4.03. The van der Waals surface area contributed by atoms with Crippen LogP contribution in [0.1, 0.15) is 19.4 Å². The van der Waals surface area contributed by atoms with E-state index in [0.29, 0.717) is 13.4 Å². The van der Waals surface area contributed by atoms with Gasteiger partial charge in [-0.1, -0.05) is 11.3 Å². The van der Waals surface area contributed by atoms with Gasteiger partial charge in [-0.2, -0.15) is 0 Å². The number of hydrogen-bond donors (Lipinski definition) is 0. The van der Waals surface area contributed by atoms with E-state index in [1.807, 2.05) is 10.7 Å². The van der Waals surface area contributed by atoms with E-state index < -0.39 is 0 Å². The molecule has 1 fully saturated rings. The molecule has 0 amide bonds. The van der Waals surface area contributed by atoms with Crippen molar-refractivity contribution in [3.8, 4) is 0 Å². The maximum atomic E-state index is 5.52. The standard InChI is InChI=1S/C13H18N4O/c1-10-4-5-11-12(6-10)17(15-14-11)8-16-9-18-7-13(16,2)3/h4-6H,7-9H2,1-3H3. The molecular formula is C13H18N4O. The lowest BCUT2D eigenvalue weighted by molar-refractivity contribution is 0.0982. The summed E-state index contributed by atoms with van der Waals surface area (Å²) in [6.07, 6.45) is 0. The van der Waals surface area contributed by atoms with Crippen LogP contribution in [0.15, 0.2) is 18.2 Å². The summed E-state index contributed by atoms with van der Waals surface area (Å²) < 4.78 is 7.46. The highest BCUT2D eigenvalue weighted by Crippen LogP contribution is 2.23. The van der Waals surface area contributed by atoms with E-state index in [2.05, 4.69) is 48.1 Å². The first-order valence-electron chi connectivity index (χ1n) is 6.19. The molecule has 1 saturated heterocycles. The normalized spacial score (nSPS) is 19.7. The molecule has 2 heterocycles. The van der Waals surface area contributed by atoms with E-state index in [9.17, 15) is 0 Å². The molecule has 5 nitrogen and oxygen atoms in total. The third-order valence-corrected chi connectivity index (χ3v) is 3.53. The Kier molecular flexibility index (Phi) is 2.60. The molecular weight excluding hydrogens is 228 g/mol. The van der Waals surface area contributed by atoms with Gasteiger partial charge in [-0.05, 0) is 38.5 Å². The fourth-order valence-electron chi connectivity index (χ4n) is 2.25. The molecule has 5 heteroatoms. The van der Waals surface area contributed by atoms with Crippen molar-refractivity contribution in [1.29, 1.82) is 0 Å². The van der Waals surface area contributed by atoms with Crippen LogP contribution in [0.3, 0.4) is 0 Å². The van der Waals surface area contributed by atoms with Crippen LogP contribution in [0.25, 0.3) is 11.0 Å². The minimum absolute atomic E-state index is 0.0576. The van der Waals surface area contributed by atoms with Gasteiger partial charge >= 0.3 is 0 Å². The zero-order valence-corrected chi connectivity index (χ0v) is 11.1. The van der Waals surface area contributed by atoms with Crippen LogP contribution in [0.4, 0.5) is 0 Å². The second-order valence-electron chi connectivity index (χ2n) is 5.55. The molecule has 0 N–H and O–H groups in total. The first kappa shape index (κ1) is 11.6. The highest BCUT2D eigenvalue weighted by Gasteiger charge is 2.33. The molecule has 2 aromatic rings. The molecule has 1 aliphatic rings. The summed E-state index contributed by atoms with van der Waals surface area (Å²) in [7, 11) is 0. The molecule has 1 aromatic carbocycles. The van der Waals surface area contributed by atoms with Gasteiger partial charge in [0.25, 0.3) is 0 Å². The van der Waals surface area contributed by atoms with Crippen molar-refractivity contribution >= 4 is 11.0 Å². The van der Waals surface area contributed by atoms with Crippen LogP contribution in [-0.2, 0) is 11.4 Å². The molecule has 1 aliphatic heterocycles. The molecule has 18 heavy (non-hydrogen) atoms. The van der Waals surface area contributed by atoms with Gasteiger partial charge in [0.05, 0.1) is 18.8 Å². The van der Waals surface area contributed by atoms with Gasteiger partial charge in [0, 0.05) is 5.54 Å². The zero-order valence-electron chi connectivity index (χ0n) is 11.1. The molecule has 1 aromatic heterocycles. The van der Waals surface area contributed by atoms with E-state index in [1.165, 1.54) is 5.56 Å². The smallest absolute Gasteiger partial charge is 0.113 e. The summed E-state index contributed by atoms with van der Waals surface area (Å²) in [5, 5.41) is 8.43. The van der Waals surface area contributed by atoms with Crippen molar-refractivity contribution < 1.29 is 4.74 Å². The Morgan fingerprint density at radius 1 is 1.39 bits per heavy atom. The van der Waals surface area contributed by atoms with Crippen LogP contribution in [0, 0.1) is 6.92 Å². The zero-order chi connectivity index (χ0) is 12.8. The molecule has 0 aliphatic carbocycles. The van der Waals surface area contributed by atoms with Crippen LogP contribution in [0.2, 0.25) is 0 Å². The molecule has 0 radical (unpaired) electrons. The summed E-state index contributed by atoms with van der Waals surface area (Å²) >= 11 is 0. The lowest BCUT2D eigenvalue weighted by atomic mass is 10.1. The van der Waals surface area contributed by atoms with Crippen molar-refractivity contribution in [2.45, 2.75) is 33.0 Å². The molecule has 0 saturated carbocycles. The number of rotatable bonds is 2. The van der Waals surface area contributed by atoms with Gasteiger partial charge in [-0.15, -0.1) is 5.10 Å². The Morgan fingerprint density at radius 3 is 2.94 bits per heavy atom. The number of fused-ring (bicyclic) bond motifs is 1. The average molecular weight is 246 g/mol. The van der Waals surface area contributed by atoms with Gasteiger partial charge in [-0.25, -0.2) is 4.68 Å². The topological polar surface area (TPSA) is 43.2 Å². The van der Waals surface area contributed by atoms with Gasteiger partial charge in [0.15, 0.2) is 0 Å². The summed E-state index contributed by atoms with van der Waals surface area (Å²) in [6, 6.07) is 6.20. The number of nitrogens with zero attached hydrogens (tertiary/aromatic N) is 4. The highest BCUT2D eigenvalue weighted by atomic mass is 16.5. The number of ether oxygens (including phenoxy) is 1.